The number of anilines is 1. The predicted octanol–water partition coefficient (Wildman–Crippen LogP) is 4.92. The molecule has 0 bridgehead atoms. The van der Waals surface area contributed by atoms with Gasteiger partial charge in [-0.25, -0.2) is 0 Å². The van der Waals surface area contributed by atoms with Crippen molar-refractivity contribution in [3.05, 3.63) is 36.0 Å². The fourth-order valence-corrected chi connectivity index (χ4v) is 3.45. The lowest BCUT2D eigenvalue weighted by Crippen LogP contribution is -2.27. The van der Waals surface area contributed by atoms with Gasteiger partial charge in [0, 0.05) is 23.3 Å². The third-order valence-corrected chi connectivity index (χ3v) is 4.69. The highest BCUT2D eigenvalue weighted by atomic mass is 14.9. The number of nitrogens with one attached hydrogen (secondary N) is 1. The first-order valence-electron chi connectivity index (χ1n) is 7.88. The Morgan fingerprint density at radius 1 is 1.25 bits per heavy atom. The molecule has 1 aromatic carbocycles. The SMILES string of the molecule is CCC1CCCC(Nc2ccc(C)c3ncccc23)C1. The van der Waals surface area contributed by atoms with Gasteiger partial charge < -0.3 is 5.32 Å². The Kier molecular flexibility index (Phi) is 3.90. The van der Waals surface area contributed by atoms with Crippen LogP contribution >= 0.6 is 0 Å². The molecule has 2 atom stereocenters. The molecule has 0 saturated heterocycles. The quantitative estimate of drug-likeness (QED) is 0.854. The minimum Gasteiger partial charge on any atom is -0.382 e. The van der Waals surface area contributed by atoms with E-state index in [1.54, 1.807) is 0 Å². The molecule has 1 aliphatic rings. The predicted molar refractivity (Wildman–Crippen MR) is 86.1 cm³/mol. The molecule has 2 unspecified atom stereocenters. The molecule has 1 heterocycles. The molecule has 0 amide bonds. The highest BCUT2D eigenvalue weighted by Crippen LogP contribution is 2.31. The van der Waals surface area contributed by atoms with Gasteiger partial charge in [-0.05, 0) is 49.4 Å². The van der Waals surface area contributed by atoms with Crippen LogP contribution in [0.4, 0.5) is 5.69 Å². The van der Waals surface area contributed by atoms with Gasteiger partial charge in [-0.1, -0.05) is 32.3 Å². The Balaban J connectivity index is 1.86. The second-order valence-electron chi connectivity index (χ2n) is 6.11. The average Bonchev–Trinajstić information content (AvgIpc) is 2.51. The smallest absolute Gasteiger partial charge is 0.0751 e. The monoisotopic (exact) mass is 268 g/mol. The standard InChI is InChI=1S/C18H24N2/c1-3-14-6-4-7-15(12-14)20-17-10-9-13(2)18-16(17)8-5-11-19-18/h5,8-11,14-15,20H,3-4,6-7,12H2,1-2H3. The van der Waals surface area contributed by atoms with E-state index < -0.39 is 0 Å². The average molecular weight is 268 g/mol. The second-order valence-corrected chi connectivity index (χ2v) is 6.11. The van der Waals surface area contributed by atoms with Crippen LogP contribution in [-0.2, 0) is 0 Å². The van der Waals surface area contributed by atoms with Crippen molar-refractivity contribution in [2.24, 2.45) is 5.92 Å². The van der Waals surface area contributed by atoms with E-state index in [9.17, 15) is 0 Å². The molecule has 1 N–H and O–H groups in total. The maximum absolute atomic E-state index is 4.53. The van der Waals surface area contributed by atoms with E-state index in [1.807, 2.05) is 12.3 Å². The lowest BCUT2D eigenvalue weighted by atomic mass is 9.84. The molecule has 1 aliphatic carbocycles. The van der Waals surface area contributed by atoms with E-state index in [4.69, 9.17) is 0 Å². The highest BCUT2D eigenvalue weighted by molar-refractivity contribution is 5.93. The van der Waals surface area contributed by atoms with Crippen molar-refractivity contribution >= 4 is 16.6 Å². The second kappa shape index (κ2) is 5.82. The summed E-state index contributed by atoms with van der Waals surface area (Å²) in [5, 5.41) is 5.03. The van der Waals surface area contributed by atoms with Gasteiger partial charge in [0.1, 0.15) is 0 Å². The number of aromatic nitrogens is 1. The lowest BCUT2D eigenvalue weighted by Gasteiger charge is -2.30. The normalized spacial score (nSPS) is 22.9. The van der Waals surface area contributed by atoms with Gasteiger partial charge in [0.15, 0.2) is 0 Å². The Hall–Kier alpha value is -1.57. The topological polar surface area (TPSA) is 24.9 Å². The summed E-state index contributed by atoms with van der Waals surface area (Å²) in [6, 6.07) is 9.23. The van der Waals surface area contributed by atoms with Crippen LogP contribution in [0.1, 0.15) is 44.6 Å². The molecule has 3 rings (SSSR count). The molecule has 2 nitrogen and oxygen atoms in total. The number of benzene rings is 1. The summed E-state index contributed by atoms with van der Waals surface area (Å²) in [7, 11) is 0. The zero-order valence-electron chi connectivity index (χ0n) is 12.5. The van der Waals surface area contributed by atoms with Crippen LogP contribution < -0.4 is 5.32 Å². The summed E-state index contributed by atoms with van der Waals surface area (Å²) < 4.78 is 0. The van der Waals surface area contributed by atoms with Gasteiger partial charge in [0.25, 0.3) is 0 Å². The molecule has 20 heavy (non-hydrogen) atoms. The van der Waals surface area contributed by atoms with Crippen molar-refractivity contribution in [1.82, 2.24) is 4.98 Å². The van der Waals surface area contributed by atoms with Crippen molar-refractivity contribution in [2.45, 2.75) is 52.0 Å². The van der Waals surface area contributed by atoms with Crippen molar-refractivity contribution in [3.63, 3.8) is 0 Å². The third-order valence-electron chi connectivity index (χ3n) is 4.69. The van der Waals surface area contributed by atoms with E-state index in [1.165, 1.54) is 48.7 Å². The van der Waals surface area contributed by atoms with E-state index in [2.05, 4.69) is 42.3 Å². The van der Waals surface area contributed by atoms with Crippen LogP contribution in [0.3, 0.4) is 0 Å². The number of hydrogen-bond acceptors (Lipinski definition) is 2. The minimum absolute atomic E-state index is 0.625. The Bertz CT molecular complexity index is 591. The van der Waals surface area contributed by atoms with Crippen LogP contribution in [0.15, 0.2) is 30.5 Å². The van der Waals surface area contributed by atoms with Gasteiger partial charge in [0.05, 0.1) is 5.52 Å². The molecule has 0 aliphatic heterocycles. The van der Waals surface area contributed by atoms with Crippen molar-refractivity contribution in [3.8, 4) is 0 Å². The molecule has 106 valence electrons. The zero-order chi connectivity index (χ0) is 13.9. The fourth-order valence-electron chi connectivity index (χ4n) is 3.45. The van der Waals surface area contributed by atoms with Crippen LogP contribution in [0.2, 0.25) is 0 Å². The number of nitrogens with zero attached hydrogens (tertiary/aromatic N) is 1. The van der Waals surface area contributed by atoms with Crippen LogP contribution in [0.5, 0.6) is 0 Å². The zero-order valence-corrected chi connectivity index (χ0v) is 12.5. The first-order valence-corrected chi connectivity index (χ1v) is 7.88. The largest absolute Gasteiger partial charge is 0.382 e. The molecule has 1 fully saturated rings. The van der Waals surface area contributed by atoms with Gasteiger partial charge in [-0.2, -0.15) is 0 Å². The summed E-state index contributed by atoms with van der Waals surface area (Å²) in [4.78, 5) is 4.53. The number of rotatable bonds is 3. The first-order chi connectivity index (χ1) is 9.78. The van der Waals surface area contributed by atoms with E-state index in [0.29, 0.717) is 6.04 Å². The summed E-state index contributed by atoms with van der Waals surface area (Å²) in [5.74, 6) is 0.899. The summed E-state index contributed by atoms with van der Waals surface area (Å²) in [6.45, 7) is 4.45. The number of hydrogen-bond donors (Lipinski definition) is 1. The van der Waals surface area contributed by atoms with Crippen molar-refractivity contribution < 1.29 is 0 Å². The lowest BCUT2D eigenvalue weighted by molar-refractivity contribution is 0.327. The molecule has 2 heteroatoms. The molecular weight excluding hydrogens is 244 g/mol. The van der Waals surface area contributed by atoms with Gasteiger partial charge in [-0.15, -0.1) is 0 Å². The minimum atomic E-state index is 0.625. The fraction of sp³-hybridized carbons (Fsp3) is 0.500. The Morgan fingerprint density at radius 2 is 2.15 bits per heavy atom. The van der Waals surface area contributed by atoms with E-state index in [0.717, 1.165) is 11.4 Å². The summed E-state index contributed by atoms with van der Waals surface area (Å²) >= 11 is 0. The number of aryl methyl sites for hydroxylation is 1. The van der Waals surface area contributed by atoms with Crippen LogP contribution in [0, 0.1) is 12.8 Å². The van der Waals surface area contributed by atoms with Crippen LogP contribution in [0.25, 0.3) is 10.9 Å². The van der Waals surface area contributed by atoms with E-state index >= 15 is 0 Å². The van der Waals surface area contributed by atoms with Gasteiger partial charge in [0.2, 0.25) is 0 Å². The van der Waals surface area contributed by atoms with Gasteiger partial charge >= 0.3 is 0 Å². The molecule has 1 saturated carbocycles. The molecular formula is C18H24N2. The maximum atomic E-state index is 4.53. The first kappa shape index (κ1) is 13.4. The van der Waals surface area contributed by atoms with Gasteiger partial charge in [-0.3, -0.25) is 4.98 Å². The molecule has 2 aromatic rings. The van der Waals surface area contributed by atoms with Crippen molar-refractivity contribution in [2.75, 3.05) is 5.32 Å². The van der Waals surface area contributed by atoms with E-state index in [-0.39, 0.29) is 0 Å². The maximum Gasteiger partial charge on any atom is 0.0751 e. The molecule has 1 aromatic heterocycles. The molecule has 0 spiro atoms. The van der Waals surface area contributed by atoms with Crippen molar-refractivity contribution in [1.29, 1.82) is 0 Å². The summed E-state index contributed by atoms with van der Waals surface area (Å²) in [5.41, 5.74) is 3.63. The summed E-state index contributed by atoms with van der Waals surface area (Å²) in [6.07, 6.45) is 8.57. The Morgan fingerprint density at radius 3 is 3.00 bits per heavy atom. The highest BCUT2D eigenvalue weighted by Gasteiger charge is 2.21. The number of fused-ring (bicyclic) bond motifs is 1. The number of pyridine rings is 1. The molecule has 0 radical (unpaired) electrons. The Labute approximate surface area is 121 Å². The third kappa shape index (κ3) is 2.65. The van der Waals surface area contributed by atoms with Crippen LogP contribution in [-0.4, -0.2) is 11.0 Å².